The number of unbranched alkanes of at least 4 members (excludes halogenated alkanes) is 1. The van der Waals surface area contributed by atoms with Crippen LogP contribution in [0.4, 0.5) is 0 Å². The molecule has 1 aliphatic heterocycles. The van der Waals surface area contributed by atoms with E-state index < -0.39 is 0 Å². The van der Waals surface area contributed by atoms with Gasteiger partial charge in [-0.25, -0.2) is 0 Å². The second-order valence-corrected chi connectivity index (χ2v) is 5.90. The maximum absolute atomic E-state index is 12.4. The zero-order valence-corrected chi connectivity index (χ0v) is 12.0. The minimum atomic E-state index is 0.124. The van der Waals surface area contributed by atoms with E-state index in [4.69, 9.17) is 0 Å². The largest absolute Gasteiger partial charge is 0.338 e. The number of hydrogen-bond donors (Lipinski definition) is 1. The van der Waals surface area contributed by atoms with Gasteiger partial charge in [0.1, 0.15) is 0 Å². The van der Waals surface area contributed by atoms with E-state index in [1.807, 2.05) is 0 Å². The quantitative estimate of drug-likeness (QED) is 0.720. The molecule has 104 valence electrons. The zero-order valence-electron chi connectivity index (χ0n) is 12.0. The van der Waals surface area contributed by atoms with Crippen LogP contribution in [-0.4, -0.2) is 35.5 Å². The number of likely N-dealkylation sites (tertiary alicyclic amines) is 1. The van der Waals surface area contributed by atoms with Gasteiger partial charge >= 0.3 is 0 Å². The second-order valence-electron chi connectivity index (χ2n) is 5.90. The maximum Gasteiger partial charge on any atom is 0.240 e. The van der Waals surface area contributed by atoms with E-state index in [2.05, 4.69) is 24.1 Å². The lowest BCUT2D eigenvalue weighted by Gasteiger charge is -2.28. The molecule has 0 aromatic carbocycles. The lowest BCUT2D eigenvalue weighted by molar-refractivity contribution is -0.131. The van der Waals surface area contributed by atoms with Crippen LogP contribution in [0.3, 0.4) is 0 Å². The van der Waals surface area contributed by atoms with Crippen LogP contribution in [0.15, 0.2) is 0 Å². The molecular formula is C15H28N2O. The number of nitrogens with one attached hydrogen (secondary N) is 1. The van der Waals surface area contributed by atoms with Crippen molar-refractivity contribution in [3.8, 4) is 0 Å². The van der Waals surface area contributed by atoms with Gasteiger partial charge in [0.05, 0.1) is 6.04 Å². The molecule has 3 heteroatoms. The van der Waals surface area contributed by atoms with Crippen molar-refractivity contribution in [2.24, 2.45) is 0 Å². The van der Waals surface area contributed by atoms with Gasteiger partial charge in [0.15, 0.2) is 0 Å². The minimum absolute atomic E-state index is 0.124. The lowest BCUT2D eigenvalue weighted by atomic mass is 10.0. The lowest BCUT2D eigenvalue weighted by Crippen LogP contribution is -2.43. The van der Waals surface area contributed by atoms with Crippen molar-refractivity contribution in [3.63, 3.8) is 0 Å². The van der Waals surface area contributed by atoms with Gasteiger partial charge in [-0.15, -0.1) is 0 Å². The number of rotatable bonds is 8. The van der Waals surface area contributed by atoms with Gasteiger partial charge in [-0.2, -0.15) is 0 Å². The van der Waals surface area contributed by atoms with Crippen molar-refractivity contribution in [3.05, 3.63) is 0 Å². The Morgan fingerprint density at radius 1 is 1.22 bits per heavy atom. The Morgan fingerprint density at radius 2 is 2.00 bits per heavy atom. The summed E-state index contributed by atoms with van der Waals surface area (Å²) in [7, 11) is 0. The number of carbonyl (C=O) groups is 1. The molecule has 0 aromatic heterocycles. The molecule has 1 N–H and O–H groups in total. The third-order valence-electron chi connectivity index (χ3n) is 4.21. The van der Waals surface area contributed by atoms with Crippen molar-refractivity contribution in [2.45, 2.75) is 83.3 Å². The molecule has 0 aromatic rings. The molecule has 0 radical (unpaired) electrons. The van der Waals surface area contributed by atoms with Crippen molar-refractivity contribution in [2.75, 3.05) is 6.54 Å². The highest BCUT2D eigenvalue weighted by molar-refractivity contribution is 5.84. The highest BCUT2D eigenvalue weighted by Crippen LogP contribution is 2.25. The molecule has 1 amide bonds. The average Bonchev–Trinajstić information content (AvgIpc) is 3.11. The number of hydrogen-bond acceptors (Lipinski definition) is 2. The summed E-state index contributed by atoms with van der Waals surface area (Å²) in [6.07, 6.45) is 9.55. The number of amides is 1. The molecule has 2 atom stereocenters. The summed E-state index contributed by atoms with van der Waals surface area (Å²) in [6, 6.07) is 1.26. The average molecular weight is 252 g/mol. The third kappa shape index (κ3) is 3.47. The summed E-state index contributed by atoms with van der Waals surface area (Å²) in [5.41, 5.74) is 0. The normalized spacial score (nSPS) is 25.8. The van der Waals surface area contributed by atoms with Crippen LogP contribution in [0, 0.1) is 0 Å². The molecule has 2 unspecified atom stereocenters. The SMILES string of the molecule is CCCCC(CCC)N1CCC(NC2CC2)C1=O. The smallest absolute Gasteiger partial charge is 0.240 e. The second kappa shape index (κ2) is 6.55. The van der Waals surface area contributed by atoms with Crippen LogP contribution in [0.2, 0.25) is 0 Å². The van der Waals surface area contributed by atoms with Gasteiger partial charge in [-0.05, 0) is 32.1 Å². The molecular weight excluding hydrogens is 224 g/mol. The summed E-state index contributed by atoms with van der Waals surface area (Å²) in [4.78, 5) is 14.6. The molecule has 1 saturated carbocycles. The van der Waals surface area contributed by atoms with Crippen LogP contribution in [0.5, 0.6) is 0 Å². The van der Waals surface area contributed by atoms with E-state index in [0.29, 0.717) is 18.0 Å². The third-order valence-corrected chi connectivity index (χ3v) is 4.21. The Balaban J connectivity index is 1.86. The fraction of sp³-hybridized carbons (Fsp3) is 0.933. The van der Waals surface area contributed by atoms with E-state index in [1.165, 1.54) is 44.9 Å². The summed E-state index contributed by atoms with van der Waals surface area (Å²) >= 11 is 0. The van der Waals surface area contributed by atoms with Gasteiger partial charge in [0, 0.05) is 18.6 Å². The first-order valence-electron chi connectivity index (χ1n) is 7.82. The molecule has 3 nitrogen and oxygen atoms in total. The Bertz CT molecular complexity index is 276. The highest BCUT2D eigenvalue weighted by atomic mass is 16.2. The predicted octanol–water partition coefficient (Wildman–Crippen LogP) is 2.70. The molecule has 18 heavy (non-hydrogen) atoms. The Hall–Kier alpha value is -0.570. The van der Waals surface area contributed by atoms with Crippen molar-refractivity contribution >= 4 is 5.91 Å². The van der Waals surface area contributed by atoms with Gasteiger partial charge in [0.25, 0.3) is 0 Å². The maximum atomic E-state index is 12.4. The fourth-order valence-corrected chi connectivity index (χ4v) is 2.98. The number of nitrogens with zero attached hydrogens (tertiary/aromatic N) is 1. The van der Waals surface area contributed by atoms with Crippen LogP contribution in [0.1, 0.15) is 65.2 Å². The molecule has 2 aliphatic rings. The topological polar surface area (TPSA) is 32.3 Å². The van der Waals surface area contributed by atoms with Crippen LogP contribution >= 0.6 is 0 Å². The molecule has 1 aliphatic carbocycles. The van der Waals surface area contributed by atoms with Crippen LogP contribution < -0.4 is 5.32 Å². The van der Waals surface area contributed by atoms with Crippen LogP contribution in [0.25, 0.3) is 0 Å². The van der Waals surface area contributed by atoms with Crippen LogP contribution in [-0.2, 0) is 4.79 Å². The summed E-state index contributed by atoms with van der Waals surface area (Å²) in [6.45, 7) is 5.42. The fourth-order valence-electron chi connectivity index (χ4n) is 2.98. The molecule has 1 saturated heterocycles. The van der Waals surface area contributed by atoms with Gasteiger partial charge < -0.3 is 10.2 Å². The van der Waals surface area contributed by atoms with E-state index in [-0.39, 0.29) is 6.04 Å². The summed E-state index contributed by atoms with van der Waals surface area (Å²) < 4.78 is 0. The Labute approximate surface area is 111 Å². The number of carbonyl (C=O) groups excluding carboxylic acids is 1. The summed E-state index contributed by atoms with van der Waals surface area (Å²) in [5, 5.41) is 3.49. The highest BCUT2D eigenvalue weighted by Gasteiger charge is 2.37. The first-order valence-corrected chi connectivity index (χ1v) is 7.82. The molecule has 1 heterocycles. The Kier molecular flexibility index (Phi) is 5.04. The monoisotopic (exact) mass is 252 g/mol. The van der Waals surface area contributed by atoms with E-state index in [0.717, 1.165) is 13.0 Å². The zero-order chi connectivity index (χ0) is 13.0. The van der Waals surface area contributed by atoms with Crippen molar-refractivity contribution in [1.29, 1.82) is 0 Å². The molecule has 2 fully saturated rings. The standard InChI is InChI=1S/C15H28N2O/c1-3-5-7-13(6-4-2)17-11-10-14(15(17)18)16-12-8-9-12/h12-14,16H,3-11H2,1-2H3. The van der Waals surface area contributed by atoms with E-state index in [1.54, 1.807) is 0 Å². The van der Waals surface area contributed by atoms with Gasteiger partial charge in [0.2, 0.25) is 5.91 Å². The predicted molar refractivity (Wildman–Crippen MR) is 74.5 cm³/mol. The first-order chi connectivity index (χ1) is 8.76. The van der Waals surface area contributed by atoms with E-state index >= 15 is 0 Å². The summed E-state index contributed by atoms with van der Waals surface area (Å²) in [5.74, 6) is 0.372. The van der Waals surface area contributed by atoms with Gasteiger partial charge in [-0.3, -0.25) is 4.79 Å². The van der Waals surface area contributed by atoms with Crippen molar-refractivity contribution < 1.29 is 4.79 Å². The molecule has 2 rings (SSSR count). The minimum Gasteiger partial charge on any atom is -0.338 e. The van der Waals surface area contributed by atoms with Gasteiger partial charge in [-0.1, -0.05) is 33.1 Å². The van der Waals surface area contributed by atoms with E-state index in [9.17, 15) is 4.79 Å². The molecule has 0 spiro atoms. The molecule has 0 bridgehead atoms. The Morgan fingerprint density at radius 3 is 2.61 bits per heavy atom. The van der Waals surface area contributed by atoms with Crippen molar-refractivity contribution in [1.82, 2.24) is 10.2 Å². The first kappa shape index (κ1) is 13.9.